The third kappa shape index (κ3) is 4.20. The quantitative estimate of drug-likeness (QED) is 0.349. The van der Waals surface area contributed by atoms with Gasteiger partial charge in [0.1, 0.15) is 0 Å². The Balaban J connectivity index is 0. The SMILES string of the molecule is CC1=[C-]C(C)C=C1c1ccccc1.[Cl-].[Cl-].[Hf]. The number of rotatable bonds is 1. The molecule has 1 aliphatic carbocycles. The van der Waals surface area contributed by atoms with Gasteiger partial charge in [0, 0.05) is 25.8 Å². The van der Waals surface area contributed by atoms with Crippen molar-refractivity contribution in [3.8, 4) is 0 Å². The predicted octanol–water partition coefficient (Wildman–Crippen LogP) is -2.53. The van der Waals surface area contributed by atoms with Crippen LogP contribution in [0.1, 0.15) is 19.4 Å². The maximum atomic E-state index is 3.39. The molecule has 0 aromatic heterocycles. The van der Waals surface area contributed by atoms with Gasteiger partial charge in [0.2, 0.25) is 0 Å². The van der Waals surface area contributed by atoms with Crippen molar-refractivity contribution in [1.82, 2.24) is 0 Å². The molecule has 0 nitrogen and oxygen atoms in total. The van der Waals surface area contributed by atoms with Gasteiger partial charge in [-0.3, -0.25) is 6.08 Å². The summed E-state index contributed by atoms with van der Waals surface area (Å²) < 4.78 is 0. The van der Waals surface area contributed by atoms with Gasteiger partial charge in [-0.15, -0.1) is 5.56 Å². The van der Waals surface area contributed by atoms with E-state index in [0.29, 0.717) is 5.92 Å². The van der Waals surface area contributed by atoms with Gasteiger partial charge >= 0.3 is 0 Å². The molecular formula is C13H13Cl2Hf-3. The van der Waals surface area contributed by atoms with E-state index in [1.165, 1.54) is 16.7 Å². The zero-order valence-electron chi connectivity index (χ0n) is 9.30. The summed E-state index contributed by atoms with van der Waals surface area (Å²) in [6.07, 6.45) is 5.66. The fourth-order valence-corrected chi connectivity index (χ4v) is 1.77. The van der Waals surface area contributed by atoms with Gasteiger partial charge in [-0.2, -0.15) is 11.6 Å². The molecular weight excluding hydrogens is 406 g/mol. The summed E-state index contributed by atoms with van der Waals surface area (Å²) in [5.41, 5.74) is 3.92. The number of benzene rings is 1. The molecule has 0 bridgehead atoms. The first kappa shape index (κ1) is 18.5. The van der Waals surface area contributed by atoms with Crippen LogP contribution in [0.3, 0.4) is 0 Å². The number of halogens is 2. The van der Waals surface area contributed by atoms with Gasteiger partial charge in [0.25, 0.3) is 0 Å². The van der Waals surface area contributed by atoms with E-state index < -0.39 is 0 Å². The Bertz CT molecular complexity index is 369. The van der Waals surface area contributed by atoms with Crippen LogP contribution in [0.5, 0.6) is 0 Å². The van der Waals surface area contributed by atoms with Crippen molar-refractivity contribution in [3.05, 3.63) is 53.6 Å². The van der Waals surface area contributed by atoms with Crippen LogP contribution in [-0.2, 0) is 25.8 Å². The number of hydrogen-bond acceptors (Lipinski definition) is 0. The molecule has 1 atom stereocenters. The van der Waals surface area contributed by atoms with E-state index in [1.54, 1.807) is 0 Å². The van der Waals surface area contributed by atoms with Crippen LogP contribution in [-0.4, -0.2) is 0 Å². The normalized spacial score (nSPS) is 17.2. The minimum atomic E-state index is 0. The van der Waals surface area contributed by atoms with Crippen LogP contribution in [0.2, 0.25) is 0 Å². The molecule has 2 rings (SSSR count). The Morgan fingerprint density at radius 3 is 2.06 bits per heavy atom. The summed E-state index contributed by atoms with van der Waals surface area (Å²) in [5, 5.41) is 0. The van der Waals surface area contributed by atoms with Gasteiger partial charge in [0.15, 0.2) is 0 Å². The standard InChI is InChI=1S/C13H13.2ClH.Hf/c1-10-8-11(2)13(9-10)12-6-4-3-5-7-12;;;/h3-7,9-10H,1-2H3;2*1H;/q-1;;;/p-2. The summed E-state index contributed by atoms with van der Waals surface area (Å²) >= 11 is 0. The maximum absolute atomic E-state index is 3.39. The van der Waals surface area contributed by atoms with Crippen molar-refractivity contribution < 1.29 is 50.7 Å². The third-order valence-corrected chi connectivity index (χ3v) is 2.35. The van der Waals surface area contributed by atoms with Crippen LogP contribution in [0.25, 0.3) is 5.57 Å². The van der Waals surface area contributed by atoms with E-state index in [1.807, 2.05) is 6.07 Å². The molecule has 86 valence electrons. The molecule has 1 aromatic carbocycles. The molecule has 0 radical (unpaired) electrons. The van der Waals surface area contributed by atoms with Gasteiger partial charge in [-0.1, -0.05) is 50.1 Å². The van der Waals surface area contributed by atoms with Crippen LogP contribution in [0.4, 0.5) is 0 Å². The smallest absolute Gasteiger partial charge is 0 e. The Morgan fingerprint density at radius 2 is 1.62 bits per heavy atom. The first-order valence-electron chi connectivity index (χ1n) is 4.65. The number of hydrogen-bond donors (Lipinski definition) is 0. The van der Waals surface area contributed by atoms with Crippen molar-refractivity contribution in [3.63, 3.8) is 0 Å². The van der Waals surface area contributed by atoms with E-state index in [4.69, 9.17) is 0 Å². The minimum Gasteiger partial charge on any atom is -1.00 e. The first-order chi connectivity index (χ1) is 6.27. The summed E-state index contributed by atoms with van der Waals surface area (Å²) in [7, 11) is 0. The summed E-state index contributed by atoms with van der Waals surface area (Å²) in [6.45, 7) is 4.29. The fourth-order valence-electron chi connectivity index (χ4n) is 1.77. The second kappa shape index (κ2) is 8.27. The van der Waals surface area contributed by atoms with Crippen molar-refractivity contribution in [1.29, 1.82) is 0 Å². The molecule has 0 fully saturated rings. The fraction of sp³-hybridized carbons (Fsp3) is 0.231. The van der Waals surface area contributed by atoms with E-state index in [0.717, 1.165) is 0 Å². The molecule has 0 amide bonds. The molecule has 0 N–H and O–H groups in total. The van der Waals surface area contributed by atoms with E-state index >= 15 is 0 Å². The van der Waals surface area contributed by atoms with Crippen molar-refractivity contribution >= 4 is 5.57 Å². The van der Waals surface area contributed by atoms with Crippen LogP contribution < -0.4 is 24.8 Å². The van der Waals surface area contributed by atoms with E-state index in [9.17, 15) is 0 Å². The monoisotopic (exact) mass is 419 g/mol. The molecule has 1 aromatic rings. The summed E-state index contributed by atoms with van der Waals surface area (Å²) in [4.78, 5) is 0. The third-order valence-electron chi connectivity index (χ3n) is 2.35. The summed E-state index contributed by atoms with van der Waals surface area (Å²) in [5.74, 6) is 0.468. The van der Waals surface area contributed by atoms with Gasteiger partial charge in [0.05, 0.1) is 0 Å². The van der Waals surface area contributed by atoms with Crippen molar-refractivity contribution in [2.24, 2.45) is 5.92 Å². The first-order valence-corrected chi connectivity index (χ1v) is 4.65. The van der Waals surface area contributed by atoms with Crippen molar-refractivity contribution in [2.45, 2.75) is 13.8 Å². The van der Waals surface area contributed by atoms with Gasteiger partial charge in [-0.05, 0) is 0 Å². The Labute approximate surface area is 129 Å². The van der Waals surface area contributed by atoms with E-state index in [-0.39, 0.29) is 50.7 Å². The molecule has 0 heterocycles. The molecule has 16 heavy (non-hydrogen) atoms. The van der Waals surface area contributed by atoms with Crippen molar-refractivity contribution in [2.75, 3.05) is 0 Å². The predicted molar refractivity (Wildman–Crippen MR) is 56.0 cm³/mol. The topological polar surface area (TPSA) is 0 Å². The zero-order chi connectivity index (χ0) is 9.26. The molecule has 1 aliphatic rings. The van der Waals surface area contributed by atoms with Gasteiger partial charge < -0.3 is 24.8 Å². The van der Waals surface area contributed by atoms with Crippen LogP contribution in [0, 0.1) is 12.0 Å². The summed E-state index contributed by atoms with van der Waals surface area (Å²) in [6, 6.07) is 10.5. The van der Waals surface area contributed by atoms with Crippen LogP contribution in [0.15, 0.2) is 42.0 Å². The molecule has 0 saturated heterocycles. The zero-order valence-corrected chi connectivity index (χ0v) is 14.4. The molecule has 0 spiro atoms. The Kier molecular flexibility index (Phi) is 9.57. The molecule has 0 saturated carbocycles. The molecule has 1 unspecified atom stereocenters. The Hall–Kier alpha value is 0.150. The maximum Gasteiger partial charge on any atom is 0 e. The Morgan fingerprint density at radius 1 is 1.06 bits per heavy atom. The van der Waals surface area contributed by atoms with Gasteiger partial charge in [-0.25, -0.2) is 5.57 Å². The average Bonchev–Trinajstić information content (AvgIpc) is 2.47. The largest absolute Gasteiger partial charge is 1.00 e. The minimum absolute atomic E-state index is 0. The second-order valence-corrected chi connectivity index (χ2v) is 3.50. The molecule has 0 aliphatic heterocycles. The number of allylic oxidation sites excluding steroid dienone is 4. The van der Waals surface area contributed by atoms with E-state index in [2.05, 4.69) is 50.3 Å². The van der Waals surface area contributed by atoms with Crippen LogP contribution >= 0.6 is 0 Å². The second-order valence-electron chi connectivity index (χ2n) is 3.50. The molecule has 3 heteroatoms. The average molecular weight is 419 g/mol.